The van der Waals surface area contributed by atoms with Crippen molar-refractivity contribution >= 4 is 11.8 Å². The number of carbonyl (C=O) groups is 2. The minimum atomic E-state index is -0.517. The van der Waals surface area contributed by atoms with Crippen LogP contribution in [0.25, 0.3) is 0 Å². The number of Topliss-reactive ketones (excluding diaryl/α,β-unsaturated/α-hetero) is 1. The topological polar surface area (TPSA) is 46.6 Å². The van der Waals surface area contributed by atoms with Gasteiger partial charge in [0.2, 0.25) is 0 Å². The average Bonchev–Trinajstić information content (AvgIpc) is 3.08. The van der Waals surface area contributed by atoms with Crippen molar-refractivity contribution in [1.29, 1.82) is 0 Å². The summed E-state index contributed by atoms with van der Waals surface area (Å²) in [4.78, 5) is 29.1. The molecule has 0 radical (unpaired) electrons. The highest BCUT2D eigenvalue weighted by Gasteiger charge is 2.55. The highest BCUT2D eigenvalue weighted by molar-refractivity contribution is 5.98. The summed E-state index contributed by atoms with van der Waals surface area (Å²) in [5, 5.41) is 0. The molecule has 3 fully saturated rings. The number of hydrogen-bond donors (Lipinski definition) is 0. The Balaban J connectivity index is 1.66. The third kappa shape index (κ3) is 5.05. The molecule has 4 atom stereocenters. The minimum absolute atomic E-state index is 0.113. The molecule has 0 spiro atoms. The Hall–Kier alpha value is -1.68. The van der Waals surface area contributed by atoms with E-state index in [9.17, 15) is 9.59 Å². The number of hydrogen-bond acceptors (Lipinski definition) is 4. The second-order valence-corrected chi connectivity index (χ2v) is 10.9. The number of esters is 1. The summed E-state index contributed by atoms with van der Waals surface area (Å²) in [6.45, 7) is 6.16. The number of likely N-dealkylation sites (tertiary alicyclic amines) is 1. The number of nitrogens with zero attached hydrogens (tertiary/aromatic N) is 1. The van der Waals surface area contributed by atoms with Gasteiger partial charge in [-0.2, -0.15) is 0 Å². The molecule has 4 unspecified atom stereocenters. The molecule has 1 aromatic rings. The zero-order valence-electron chi connectivity index (χ0n) is 19.5. The van der Waals surface area contributed by atoms with E-state index in [2.05, 4.69) is 4.90 Å². The standard InChI is InChI=1S/C27H39NO3/c1-27(2,3)31-26(30)25-24(20-14-8-5-9-15-20)21-16-10-11-17-22(21)28(25)18-23(29)19-12-6-4-7-13-19/h4,6-7,12-13,20-22,24-25H,5,8-11,14-18H2,1-3H3. The summed E-state index contributed by atoms with van der Waals surface area (Å²) < 4.78 is 5.97. The summed E-state index contributed by atoms with van der Waals surface area (Å²) >= 11 is 0. The molecule has 0 bridgehead atoms. The molecule has 4 heteroatoms. The van der Waals surface area contributed by atoms with E-state index in [0.717, 1.165) is 12.0 Å². The smallest absolute Gasteiger partial charge is 0.324 e. The van der Waals surface area contributed by atoms with Crippen LogP contribution < -0.4 is 0 Å². The maximum Gasteiger partial charge on any atom is 0.324 e. The molecule has 1 aromatic carbocycles. The van der Waals surface area contributed by atoms with E-state index < -0.39 is 5.60 Å². The first-order valence-electron chi connectivity index (χ1n) is 12.4. The molecule has 2 aliphatic carbocycles. The molecule has 0 amide bonds. The van der Waals surface area contributed by atoms with Crippen molar-refractivity contribution < 1.29 is 14.3 Å². The Morgan fingerprint density at radius 1 is 0.935 bits per heavy atom. The van der Waals surface area contributed by atoms with Crippen LogP contribution in [-0.2, 0) is 9.53 Å². The molecular weight excluding hydrogens is 386 g/mol. The second kappa shape index (κ2) is 9.44. The van der Waals surface area contributed by atoms with E-state index in [0.29, 0.717) is 30.3 Å². The predicted octanol–water partition coefficient (Wildman–Crippen LogP) is 5.65. The maximum atomic E-state index is 13.6. The Morgan fingerprint density at radius 2 is 1.58 bits per heavy atom. The van der Waals surface area contributed by atoms with E-state index >= 15 is 0 Å². The van der Waals surface area contributed by atoms with Crippen LogP contribution in [0.3, 0.4) is 0 Å². The SMILES string of the molecule is CC(C)(C)OC(=O)C1C(C2CCCCC2)C2CCCCC2N1CC(=O)c1ccccc1. The third-order valence-corrected chi connectivity index (χ3v) is 7.69. The van der Waals surface area contributed by atoms with Crippen LogP contribution in [0.2, 0.25) is 0 Å². The quantitative estimate of drug-likeness (QED) is 0.452. The minimum Gasteiger partial charge on any atom is -0.459 e. The summed E-state index contributed by atoms with van der Waals surface area (Å²) in [5.41, 5.74) is 0.218. The predicted molar refractivity (Wildman–Crippen MR) is 123 cm³/mol. The van der Waals surface area contributed by atoms with Gasteiger partial charge in [-0.15, -0.1) is 0 Å². The van der Waals surface area contributed by atoms with Crippen LogP contribution in [0.4, 0.5) is 0 Å². The number of fused-ring (bicyclic) bond motifs is 1. The van der Waals surface area contributed by atoms with Gasteiger partial charge >= 0.3 is 5.97 Å². The Morgan fingerprint density at radius 3 is 2.26 bits per heavy atom. The molecule has 4 rings (SSSR count). The van der Waals surface area contributed by atoms with E-state index in [-0.39, 0.29) is 17.8 Å². The first kappa shape index (κ1) is 22.5. The maximum absolute atomic E-state index is 13.6. The summed E-state index contributed by atoms with van der Waals surface area (Å²) in [7, 11) is 0. The number of carbonyl (C=O) groups excluding carboxylic acids is 2. The van der Waals surface area contributed by atoms with Crippen LogP contribution in [0.15, 0.2) is 30.3 Å². The van der Waals surface area contributed by atoms with Gasteiger partial charge in [0, 0.05) is 11.6 Å². The van der Waals surface area contributed by atoms with Crippen LogP contribution in [0.5, 0.6) is 0 Å². The molecule has 31 heavy (non-hydrogen) atoms. The normalized spacial score (nSPS) is 30.0. The largest absolute Gasteiger partial charge is 0.459 e. The van der Waals surface area contributed by atoms with Crippen molar-refractivity contribution in [1.82, 2.24) is 4.90 Å². The highest BCUT2D eigenvalue weighted by Crippen LogP contribution is 2.50. The van der Waals surface area contributed by atoms with Crippen LogP contribution in [0, 0.1) is 17.8 Å². The molecule has 1 saturated heterocycles. The van der Waals surface area contributed by atoms with E-state index in [1.165, 1.54) is 51.4 Å². The lowest BCUT2D eigenvalue weighted by atomic mass is 9.68. The third-order valence-electron chi connectivity index (χ3n) is 7.69. The lowest BCUT2D eigenvalue weighted by Crippen LogP contribution is -2.49. The average molecular weight is 426 g/mol. The zero-order valence-corrected chi connectivity index (χ0v) is 19.5. The number of ether oxygens (including phenoxy) is 1. The monoisotopic (exact) mass is 425 g/mol. The van der Waals surface area contributed by atoms with Crippen molar-refractivity contribution in [3.05, 3.63) is 35.9 Å². The van der Waals surface area contributed by atoms with Crippen molar-refractivity contribution in [2.45, 2.75) is 96.2 Å². The zero-order chi connectivity index (χ0) is 22.0. The number of benzene rings is 1. The molecule has 170 valence electrons. The fourth-order valence-corrected chi connectivity index (χ4v) is 6.54. The highest BCUT2D eigenvalue weighted by atomic mass is 16.6. The molecule has 3 aliphatic rings. The van der Waals surface area contributed by atoms with Gasteiger partial charge in [-0.05, 0) is 51.4 Å². The Kier molecular flexibility index (Phi) is 6.86. The van der Waals surface area contributed by atoms with Gasteiger partial charge in [0.05, 0.1) is 6.54 Å². The van der Waals surface area contributed by atoms with Crippen LogP contribution >= 0.6 is 0 Å². The first-order valence-corrected chi connectivity index (χ1v) is 12.4. The summed E-state index contributed by atoms with van der Waals surface area (Å²) in [6.07, 6.45) is 11.0. The lowest BCUT2D eigenvalue weighted by molar-refractivity contribution is -0.162. The second-order valence-electron chi connectivity index (χ2n) is 10.9. The molecule has 2 saturated carbocycles. The molecule has 1 heterocycles. The van der Waals surface area contributed by atoms with Crippen molar-refractivity contribution in [3.8, 4) is 0 Å². The fraction of sp³-hybridized carbons (Fsp3) is 0.704. The van der Waals surface area contributed by atoms with Gasteiger partial charge in [-0.3, -0.25) is 14.5 Å². The van der Waals surface area contributed by atoms with Gasteiger partial charge in [-0.25, -0.2) is 0 Å². The Bertz CT molecular complexity index is 762. The van der Waals surface area contributed by atoms with Crippen molar-refractivity contribution in [3.63, 3.8) is 0 Å². The number of rotatable bonds is 5. The fourth-order valence-electron chi connectivity index (χ4n) is 6.54. The first-order chi connectivity index (χ1) is 14.8. The van der Waals surface area contributed by atoms with Gasteiger partial charge < -0.3 is 4.74 Å². The van der Waals surface area contributed by atoms with E-state index in [1.807, 2.05) is 51.1 Å². The van der Waals surface area contributed by atoms with E-state index in [1.54, 1.807) is 0 Å². The van der Waals surface area contributed by atoms with Gasteiger partial charge in [0.1, 0.15) is 11.6 Å². The summed E-state index contributed by atoms with van der Waals surface area (Å²) in [6, 6.07) is 9.57. The molecule has 1 aliphatic heterocycles. The lowest BCUT2D eigenvalue weighted by Gasteiger charge is -2.36. The van der Waals surface area contributed by atoms with Crippen LogP contribution in [-0.4, -0.2) is 40.9 Å². The van der Waals surface area contributed by atoms with Crippen molar-refractivity contribution in [2.24, 2.45) is 17.8 Å². The number of ketones is 1. The molecular formula is C27H39NO3. The Labute approximate surface area is 187 Å². The summed E-state index contributed by atoms with van der Waals surface area (Å²) in [5.74, 6) is 1.41. The van der Waals surface area contributed by atoms with Gasteiger partial charge in [-0.1, -0.05) is 75.3 Å². The van der Waals surface area contributed by atoms with Gasteiger partial charge in [0.15, 0.2) is 5.78 Å². The molecule has 0 aromatic heterocycles. The van der Waals surface area contributed by atoms with Crippen molar-refractivity contribution in [2.75, 3.05) is 6.54 Å². The molecule has 4 nitrogen and oxygen atoms in total. The molecule has 0 N–H and O–H groups in total. The van der Waals surface area contributed by atoms with Crippen LogP contribution in [0.1, 0.15) is 88.9 Å². The van der Waals surface area contributed by atoms with E-state index in [4.69, 9.17) is 4.74 Å². The van der Waals surface area contributed by atoms with Gasteiger partial charge in [0.25, 0.3) is 0 Å².